The lowest BCUT2D eigenvalue weighted by Gasteiger charge is -2.03. The van der Waals surface area contributed by atoms with Gasteiger partial charge in [0.15, 0.2) is 10.9 Å². The van der Waals surface area contributed by atoms with E-state index in [2.05, 4.69) is 15.0 Å². The molecule has 0 atom stereocenters. The third-order valence-corrected chi connectivity index (χ3v) is 4.13. The fraction of sp³-hybridized carbons (Fsp3) is 0.125. The van der Waals surface area contributed by atoms with Crippen LogP contribution in [0, 0.1) is 5.82 Å². The van der Waals surface area contributed by atoms with Crippen molar-refractivity contribution in [1.82, 2.24) is 15.0 Å². The molecule has 0 unspecified atom stereocenters. The standard InChI is InChI=1S/C16H11ClFN3O3S/c1-25-16-19-6-9(7-20-16)15-21-12(5-13(22)23)14(24-15)8-2-3-10(17)11(18)4-8/h2-4,6-7H,5H2,1H3,(H,22,23)/p-1. The van der Waals surface area contributed by atoms with Crippen molar-refractivity contribution in [2.24, 2.45) is 0 Å². The molecule has 0 bridgehead atoms. The van der Waals surface area contributed by atoms with Gasteiger partial charge >= 0.3 is 0 Å². The average Bonchev–Trinajstić information content (AvgIpc) is 3.00. The number of thioether (sulfide) groups is 1. The number of carbonyl (C=O) groups excluding carboxylic acids is 1. The number of oxazole rings is 1. The fourth-order valence-corrected chi connectivity index (χ4v) is 2.56. The SMILES string of the molecule is CSc1ncc(-c2nc(CC(=O)[O-])c(-c3ccc(Cl)c(F)c3)o2)cn1. The zero-order valence-corrected chi connectivity index (χ0v) is 14.4. The van der Waals surface area contributed by atoms with E-state index < -0.39 is 18.2 Å². The van der Waals surface area contributed by atoms with Gasteiger partial charge in [-0.3, -0.25) is 0 Å². The molecule has 128 valence electrons. The first-order valence-corrected chi connectivity index (χ1v) is 8.59. The number of carboxylic acid groups (broad SMARTS) is 1. The van der Waals surface area contributed by atoms with Crippen molar-refractivity contribution in [2.75, 3.05) is 6.26 Å². The fourth-order valence-electron chi connectivity index (χ4n) is 2.13. The van der Waals surface area contributed by atoms with Crippen molar-refractivity contribution in [3.8, 4) is 22.8 Å². The van der Waals surface area contributed by atoms with E-state index in [-0.39, 0.29) is 22.4 Å². The summed E-state index contributed by atoms with van der Waals surface area (Å²) in [5.41, 5.74) is 0.905. The van der Waals surface area contributed by atoms with Gasteiger partial charge < -0.3 is 14.3 Å². The first-order valence-electron chi connectivity index (χ1n) is 6.99. The lowest BCUT2D eigenvalue weighted by atomic mass is 10.1. The summed E-state index contributed by atoms with van der Waals surface area (Å²) in [5.74, 6) is -1.72. The van der Waals surface area contributed by atoms with Crippen LogP contribution < -0.4 is 5.11 Å². The van der Waals surface area contributed by atoms with E-state index >= 15 is 0 Å². The molecule has 0 radical (unpaired) electrons. The Labute approximate surface area is 151 Å². The van der Waals surface area contributed by atoms with E-state index in [9.17, 15) is 14.3 Å². The van der Waals surface area contributed by atoms with Crippen molar-refractivity contribution in [1.29, 1.82) is 0 Å². The zero-order valence-electron chi connectivity index (χ0n) is 12.8. The molecule has 25 heavy (non-hydrogen) atoms. The first kappa shape index (κ1) is 17.4. The molecular formula is C16H10ClFN3O3S-. The normalized spacial score (nSPS) is 10.8. The quantitative estimate of drug-likeness (QED) is 0.497. The van der Waals surface area contributed by atoms with Crippen LogP contribution in [0.25, 0.3) is 22.8 Å². The molecule has 0 aliphatic rings. The summed E-state index contributed by atoms with van der Waals surface area (Å²) in [6.45, 7) is 0. The summed E-state index contributed by atoms with van der Waals surface area (Å²) in [6, 6.07) is 4.02. The number of benzene rings is 1. The highest BCUT2D eigenvalue weighted by atomic mass is 35.5. The Hall–Kier alpha value is -2.45. The predicted octanol–water partition coefficient (Wildman–Crippen LogP) is 2.61. The van der Waals surface area contributed by atoms with Crippen LogP contribution in [0.15, 0.2) is 40.2 Å². The number of rotatable bonds is 5. The number of carbonyl (C=O) groups is 1. The lowest BCUT2D eigenvalue weighted by Crippen LogP contribution is -2.24. The topological polar surface area (TPSA) is 91.9 Å². The number of nitrogens with zero attached hydrogens (tertiary/aromatic N) is 3. The van der Waals surface area contributed by atoms with Crippen LogP contribution >= 0.6 is 23.4 Å². The van der Waals surface area contributed by atoms with Gasteiger partial charge in [0.2, 0.25) is 5.89 Å². The van der Waals surface area contributed by atoms with Crippen molar-refractivity contribution in [2.45, 2.75) is 11.6 Å². The first-order chi connectivity index (χ1) is 12.0. The number of halogens is 2. The minimum Gasteiger partial charge on any atom is -0.550 e. The van der Waals surface area contributed by atoms with E-state index in [1.165, 1.54) is 36.3 Å². The Morgan fingerprint density at radius 2 is 2.04 bits per heavy atom. The molecule has 0 spiro atoms. The smallest absolute Gasteiger partial charge is 0.230 e. The second-order valence-corrected chi connectivity index (χ2v) is 6.11. The number of aromatic nitrogens is 3. The molecule has 0 fully saturated rings. The molecule has 2 aromatic heterocycles. The molecule has 1 aromatic carbocycles. The van der Waals surface area contributed by atoms with Crippen LogP contribution in [-0.4, -0.2) is 27.2 Å². The summed E-state index contributed by atoms with van der Waals surface area (Å²) < 4.78 is 19.4. The highest BCUT2D eigenvalue weighted by Crippen LogP contribution is 2.31. The Balaban J connectivity index is 2.07. The lowest BCUT2D eigenvalue weighted by molar-refractivity contribution is -0.304. The molecule has 0 aliphatic heterocycles. The van der Waals surface area contributed by atoms with Crippen LogP contribution in [0.2, 0.25) is 5.02 Å². The van der Waals surface area contributed by atoms with Gasteiger partial charge in [0, 0.05) is 30.3 Å². The summed E-state index contributed by atoms with van der Waals surface area (Å²) in [6.07, 6.45) is 4.39. The van der Waals surface area contributed by atoms with Gasteiger partial charge in [0.05, 0.1) is 16.3 Å². The molecule has 6 nitrogen and oxygen atoms in total. The van der Waals surface area contributed by atoms with Gasteiger partial charge in [-0.05, 0) is 24.5 Å². The largest absolute Gasteiger partial charge is 0.550 e. The van der Waals surface area contributed by atoms with E-state index in [1.54, 1.807) is 0 Å². The summed E-state index contributed by atoms with van der Waals surface area (Å²) >= 11 is 7.05. The molecule has 3 rings (SSSR count). The summed E-state index contributed by atoms with van der Waals surface area (Å²) in [7, 11) is 0. The number of hydrogen-bond acceptors (Lipinski definition) is 7. The second kappa shape index (κ2) is 7.20. The number of carboxylic acids is 1. The predicted molar refractivity (Wildman–Crippen MR) is 88.4 cm³/mol. The molecule has 0 saturated heterocycles. The van der Waals surface area contributed by atoms with Crippen molar-refractivity contribution >= 4 is 29.3 Å². The molecule has 3 aromatic rings. The van der Waals surface area contributed by atoms with Crippen LogP contribution in [0.4, 0.5) is 4.39 Å². The van der Waals surface area contributed by atoms with Crippen LogP contribution in [0.3, 0.4) is 0 Å². The molecule has 0 N–H and O–H groups in total. The minimum atomic E-state index is -1.33. The Morgan fingerprint density at radius 1 is 1.32 bits per heavy atom. The Kier molecular flexibility index (Phi) is 5.00. The number of aliphatic carboxylic acids is 1. The minimum absolute atomic E-state index is 0.0500. The molecule has 9 heteroatoms. The zero-order chi connectivity index (χ0) is 18.0. The van der Waals surface area contributed by atoms with Gasteiger partial charge in [-0.1, -0.05) is 23.4 Å². The third kappa shape index (κ3) is 3.80. The maximum absolute atomic E-state index is 13.7. The van der Waals surface area contributed by atoms with E-state index in [4.69, 9.17) is 16.0 Å². The summed E-state index contributed by atoms with van der Waals surface area (Å²) in [4.78, 5) is 23.4. The van der Waals surface area contributed by atoms with E-state index in [0.717, 1.165) is 6.07 Å². The third-order valence-electron chi connectivity index (χ3n) is 3.25. The van der Waals surface area contributed by atoms with Gasteiger partial charge in [-0.25, -0.2) is 19.3 Å². The Morgan fingerprint density at radius 3 is 2.64 bits per heavy atom. The molecule has 0 amide bonds. The van der Waals surface area contributed by atoms with Crippen LogP contribution in [0.5, 0.6) is 0 Å². The van der Waals surface area contributed by atoms with E-state index in [0.29, 0.717) is 16.3 Å². The molecule has 0 aliphatic carbocycles. The monoisotopic (exact) mass is 378 g/mol. The molecule has 0 saturated carbocycles. The summed E-state index contributed by atoms with van der Waals surface area (Å²) in [5, 5.41) is 11.5. The second-order valence-electron chi connectivity index (χ2n) is 4.93. The maximum Gasteiger partial charge on any atom is 0.230 e. The number of hydrogen-bond donors (Lipinski definition) is 0. The van der Waals surface area contributed by atoms with Crippen molar-refractivity contribution in [3.05, 3.63) is 47.1 Å². The van der Waals surface area contributed by atoms with Gasteiger partial charge in [0.25, 0.3) is 0 Å². The van der Waals surface area contributed by atoms with Crippen molar-refractivity contribution in [3.63, 3.8) is 0 Å². The van der Waals surface area contributed by atoms with Gasteiger partial charge in [-0.2, -0.15) is 0 Å². The van der Waals surface area contributed by atoms with Crippen LogP contribution in [0.1, 0.15) is 5.69 Å². The highest BCUT2D eigenvalue weighted by molar-refractivity contribution is 7.98. The Bertz CT molecular complexity index is 931. The molecule has 2 heterocycles. The van der Waals surface area contributed by atoms with Crippen LogP contribution in [-0.2, 0) is 11.2 Å². The molecular weight excluding hydrogens is 369 g/mol. The highest BCUT2D eigenvalue weighted by Gasteiger charge is 2.18. The maximum atomic E-state index is 13.7. The van der Waals surface area contributed by atoms with E-state index in [1.807, 2.05) is 6.26 Å². The van der Waals surface area contributed by atoms with Gasteiger partial charge in [-0.15, -0.1) is 0 Å². The van der Waals surface area contributed by atoms with Gasteiger partial charge in [0.1, 0.15) is 5.82 Å². The van der Waals surface area contributed by atoms with Crippen molar-refractivity contribution < 1.29 is 18.7 Å². The average molecular weight is 379 g/mol.